The first-order valence-corrected chi connectivity index (χ1v) is 8.36. The van der Waals surface area contributed by atoms with E-state index in [0.717, 1.165) is 27.5 Å². The van der Waals surface area contributed by atoms with E-state index in [1.165, 1.54) is 12.1 Å². The quantitative estimate of drug-likeness (QED) is 0.212. The van der Waals surface area contributed by atoms with E-state index in [-0.39, 0.29) is 16.5 Å². The van der Waals surface area contributed by atoms with Crippen LogP contribution in [0.15, 0.2) is 64.4 Å². The monoisotopic (exact) mass is 349 g/mol. The third-order valence-electron chi connectivity index (χ3n) is 3.88. The Morgan fingerprint density at radius 3 is 2.76 bits per heavy atom. The minimum absolute atomic E-state index is 0.0438. The van der Waals surface area contributed by atoms with E-state index in [4.69, 9.17) is 4.42 Å². The van der Waals surface area contributed by atoms with E-state index in [9.17, 15) is 14.9 Å². The highest BCUT2D eigenvalue weighted by Crippen LogP contribution is 2.29. The Morgan fingerprint density at radius 2 is 1.96 bits per heavy atom. The minimum atomic E-state index is -0.450. The highest BCUT2D eigenvalue weighted by Gasteiger charge is 2.12. The van der Waals surface area contributed by atoms with Gasteiger partial charge in [-0.15, -0.1) is 0 Å². The number of ketones is 1. The molecule has 0 bridgehead atoms. The summed E-state index contributed by atoms with van der Waals surface area (Å²) in [6.45, 7) is 0. The average molecular weight is 349 g/mol. The molecular weight excluding hydrogens is 338 g/mol. The number of rotatable bonds is 4. The van der Waals surface area contributed by atoms with Crippen LogP contribution in [0, 0.1) is 10.1 Å². The summed E-state index contributed by atoms with van der Waals surface area (Å²) in [5, 5.41) is 15.4. The highest BCUT2D eigenvalue weighted by molar-refractivity contribution is 7.13. The molecule has 0 aliphatic carbocycles. The first kappa shape index (κ1) is 15.3. The lowest BCUT2D eigenvalue weighted by Gasteiger charge is -1.96. The van der Waals surface area contributed by atoms with Gasteiger partial charge in [-0.05, 0) is 40.6 Å². The molecule has 0 spiro atoms. The molecule has 0 fully saturated rings. The lowest BCUT2D eigenvalue weighted by Crippen LogP contribution is -1.90. The number of hydrogen-bond acceptors (Lipinski definition) is 5. The molecule has 6 heteroatoms. The fourth-order valence-corrected chi connectivity index (χ4v) is 3.38. The van der Waals surface area contributed by atoms with Gasteiger partial charge < -0.3 is 4.42 Å². The van der Waals surface area contributed by atoms with Crippen LogP contribution in [0.4, 0.5) is 5.00 Å². The summed E-state index contributed by atoms with van der Waals surface area (Å²) in [5.41, 5.74) is 1.27. The van der Waals surface area contributed by atoms with Gasteiger partial charge in [0.2, 0.25) is 5.78 Å². The van der Waals surface area contributed by atoms with Gasteiger partial charge in [-0.2, -0.15) is 0 Å². The largest absolute Gasteiger partial charge is 0.453 e. The van der Waals surface area contributed by atoms with Crippen molar-refractivity contribution in [1.29, 1.82) is 0 Å². The Kier molecular flexibility index (Phi) is 3.66. The topological polar surface area (TPSA) is 73.3 Å². The van der Waals surface area contributed by atoms with Crippen LogP contribution in [-0.2, 0) is 0 Å². The van der Waals surface area contributed by atoms with Gasteiger partial charge in [0.1, 0.15) is 5.58 Å². The van der Waals surface area contributed by atoms with Crippen molar-refractivity contribution < 1.29 is 14.1 Å². The summed E-state index contributed by atoms with van der Waals surface area (Å²) >= 11 is 1.03. The van der Waals surface area contributed by atoms with E-state index < -0.39 is 4.92 Å². The van der Waals surface area contributed by atoms with E-state index in [1.54, 1.807) is 17.5 Å². The van der Waals surface area contributed by atoms with Gasteiger partial charge in [-0.25, -0.2) is 0 Å². The van der Waals surface area contributed by atoms with Crippen LogP contribution in [0.2, 0.25) is 0 Å². The fourth-order valence-electron chi connectivity index (χ4n) is 2.69. The van der Waals surface area contributed by atoms with Crippen LogP contribution < -0.4 is 0 Å². The lowest BCUT2D eigenvalue weighted by atomic mass is 10.1. The van der Waals surface area contributed by atoms with Gasteiger partial charge in [0.15, 0.2) is 5.76 Å². The van der Waals surface area contributed by atoms with Gasteiger partial charge in [0.25, 0.3) is 0 Å². The predicted molar refractivity (Wildman–Crippen MR) is 98.1 cm³/mol. The molecule has 5 nitrogen and oxygen atoms in total. The number of carbonyl (C=O) groups excluding carboxylic acids is 1. The molecule has 0 radical (unpaired) electrons. The Labute approximate surface area is 146 Å². The van der Waals surface area contributed by atoms with Crippen molar-refractivity contribution in [2.75, 3.05) is 0 Å². The molecule has 0 unspecified atom stereocenters. The molecule has 4 rings (SSSR count). The Hall–Kier alpha value is -3.25. The molecule has 2 heterocycles. The Bertz CT molecular complexity index is 1150. The summed E-state index contributed by atoms with van der Waals surface area (Å²) in [6, 6.07) is 14.9. The minimum Gasteiger partial charge on any atom is -0.453 e. The molecule has 0 N–H and O–H groups in total. The normalized spacial score (nSPS) is 11.5. The highest BCUT2D eigenvalue weighted by atomic mass is 32.1. The van der Waals surface area contributed by atoms with Crippen LogP contribution in [0.1, 0.15) is 16.1 Å². The number of nitrogens with zero attached hydrogens (tertiary/aromatic N) is 1. The number of allylic oxidation sites excluding steroid dienone is 1. The van der Waals surface area contributed by atoms with Gasteiger partial charge in [0.05, 0.1) is 4.92 Å². The van der Waals surface area contributed by atoms with E-state index in [1.807, 2.05) is 36.4 Å². The summed E-state index contributed by atoms with van der Waals surface area (Å²) in [7, 11) is 0. The summed E-state index contributed by atoms with van der Waals surface area (Å²) in [6.07, 6.45) is 2.92. The van der Waals surface area contributed by atoms with Crippen LogP contribution in [0.25, 0.3) is 27.8 Å². The van der Waals surface area contributed by atoms with Crippen LogP contribution in [0.5, 0.6) is 0 Å². The lowest BCUT2D eigenvalue weighted by molar-refractivity contribution is -0.380. The predicted octanol–water partition coefficient (Wildman–Crippen LogP) is 5.45. The molecule has 0 amide bonds. The van der Waals surface area contributed by atoms with Crippen LogP contribution in [-0.4, -0.2) is 10.7 Å². The molecule has 0 atom stereocenters. The van der Waals surface area contributed by atoms with Crippen molar-refractivity contribution in [2.45, 2.75) is 0 Å². The Balaban J connectivity index is 1.66. The second kappa shape index (κ2) is 5.99. The standard InChI is InChI=1S/C19H11NO4S/c21-16(7-5-12-9-19(20(22)23)25-11-12)18-10-15-14-4-2-1-3-13(14)6-8-17(15)24-18/h1-11H. The van der Waals surface area contributed by atoms with Gasteiger partial charge in [0, 0.05) is 16.8 Å². The molecular formula is C19H11NO4S. The van der Waals surface area contributed by atoms with Gasteiger partial charge in [-0.3, -0.25) is 14.9 Å². The first-order chi connectivity index (χ1) is 12.1. The molecule has 2 aromatic heterocycles. The van der Waals surface area contributed by atoms with Gasteiger partial charge in [-0.1, -0.05) is 41.7 Å². The van der Waals surface area contributed by atoms with Crippen molar-refractivity contribution in [3.63, 3.8) is 0 Å². The molecule has 25 heavy (non-hydrogen) atoms. The maximum atomic E-state index is 12.4. The number of benzene rings is 2. The second-order valence-corrected chi connectivity index (χ2v) is 6.37. The zero-order valence-electron chi connectivity index (χ0n) is 12.8. The van der Waals surface area contributed by atoms with Crippen molar-refractivity contribution in [1.82, 2.24) is 0 Å². The summed E-state index contributed by atoms with van der Waals surface area (Å²) in [5.74, 6) is -0.0403. The van der Waals surface area contributed by atoms with E-state index in [2.05, 4.69) is 0 Å². The molecule has 0 saturated heterocycles. The van der Waals surface area contributed by atoms with Crippen molar-refractivity contribution in [3.8, 4) is 0 Å². The van der Waals surface area contributed by atoms with Gasteiger partial charge >= 0.3 is 5.00 Å². The third kappa shape index (κ3) is 2.83. The number of hydrogen-bond donors (Lipinski definition) is 0. The number of thiophene rings is 1. The zero-order chi connectivity index (χ0) is 17.4. The zero-order valence-corrected chi connectivity index (χ0v) is 13.7. The molecule has 0 aliphatic rings. The van der Waals surface area contributed by atoms with Crippen molar-refractivity contribution in [3.05, 3.63) is 81.4 Å². The molecule has 0 aliphatic heterocycles. The number of fused-ring (bicyclic) bond motifs is 3. The molecule has 122 valence electrons. The first-order valence-electron chi connectivity index (χ1n) is 7.48. The summed E-state index contributed by atoms with van der Waals surface area (Å²) in [4.78, 5) is 22.6. The molecule has 4 aromatic rings. The number of carbonyl (C=O) groups is 1. The average Bonchev–Trinajstić information content (AvgIpc) is 3.26. The van der Waals surface area contributed by atoms with Crippen LogP contribution >= 0.6 is 11.3 Å². The molecule has 2 aromatic carbocycles. The maximum absolute atomic E-state index is 12.4. The summed E-state index contributed by atoms with van der Waals surface area (Å²) < 4.78 is 5.66. The second-order valence-electron chi connectivity index (χ2n) is 5.48. The van der Waals surface area contributed by atoms with E-state index >= 15 is 0 Å². The maximum Gasteiger partial charge on any atom is 0.324 e. The molecule has 0 saturated carbocycles. The third-order valence-corrected chi connectivity index (χ3v) is 4.78. The fraction of sp³-hybridized carbons (Fsp3) is 0. The number of furan rings is 1. The van der Waals surface area contributed by atoms with E-state index in [0.29, 0.717) is 11.1 Å². The Morgan fingerprint density at radius 1 is 1.12 bits per heavy atom. The van der Waals surface area contributed by atoms with Crippen molar-refractivity contribution >= 4 is 49.9 Å². The number of nitro groups is 1. The van der Waals surface area contributed by atoms with Crippen molar-refractivity contribution in [2.24, 2.45) is 0 Å². The SMILES string of the molecule is O=C(C=Cc1csc([N+](=O)[O-])c1)c1cc2c(ccc3ccccc32)o1. The smallest absolute Gasteiger partial charge is 0.324 e. The van der Waals surface area contributed by atoms with Crippen LogP contribution in [0.3, 0.4) is 0 Å².